The maximum Gasteiger partial charge on any atom is 0.234 e. The fraction of sp³-hybridized carbons (Fsp3) is 0.429. The molecule has 256 valence electrons. The summed E-state index contributed by atoms with van der Waals surface area (Å²) < 4.78 is 12.8. The number of fused-ring (bicyclic) bond motifs is 3. The second kappa shape index (κ2) is 14.3. The Bertz CT molecular complexity index is 1720. The van der Waals surface area contributed by atoms with Crippen molar-refractivity contribution in [3.05, 3.63) is 112 Å². The third-order valence-corrected chi connectivity index (χ3v) is 11.1. The highest BCUT2D eigenvalue weighted by Crippen LogP contribution is 2.50. The number of para-hydroxylation sites is 1. The van der Waals surface area contributed by atoms with Gasteiger partial charge in [-0.1, -0.05) is 60.2 Å². The molecule has 4 atom stereocenters. The molecule has 49 heavy (non-hydrogen) atoms. The van der Waals surface area contributed by atoms with E-state index in [1.54, 1.807) is 4.90 Å². The lowest BCUT2D eigenvalue weighted by molar-refractivity contribution is -0.144. The Balaban J connectivity index is 1.08. The summed E-state index contributed by atoms with van der Waals surface area (Å²) in [5.41, 5.74) is 7.63. The van der Waals surface area contributed by atoms with E-state index in [1.165, 1.54) is 16.7 Å². The Kier molecular flexibility index (Phi) is 9.75. The van der Waals surface area contributed by atoms with Crippen LogP contribution in [-0.2, 0) is 20.9 Å². The smallest absolute Gasteiger partial charge is 0.234 e. The molecule has 2 amide bonds. The number of hydrogen-bond acceptors (Lipinski definition) is 6. The number of allylic oxidation sites excluding steroid dienone is 1. The predicted octanol–water partition coefficient (Wildman–Crippen LogP) is 7.25. The number of benzene rings is 3. The molecule has 3 aromatic carbocycles. The van der Waals surface area contributed by atoms with E-state index in [-0.39, 0.29) is 41.7 Å². The third kappa shape index (κ3) is 6.97. The maximum absolute atomic E-state index is 14.3. The summed E-state index contributed by atoms with van der Waals surface area (Å²) in [7, 11) is 0. The SMILES string of the molecule is C/C(=C\c1cc(C)c(O)c(C)c1)CC[C@H]1OC[C@H]2C1=C(COc1ccccc1)C[C@H]1C(=O)N(C3CCN(Cc4ccccc4)CC3)C(=O)[C@H]12. The van der Waals surface area contributed by atoms with E-state index in [9.17, 15) is 14.7 Å². The van der Waals surface area contributed by atoms with Crippen LogP contribution in [0.1, 0.15) is 61.3 Å². The van der Waals surface area contributed by atoms with Gasteiger partial charge in [-0.25, -0.2) is 0 Å². The van der Waals surface area contributed by atoms with Crippen LogP contribution in [-0.4, -0.2) is 65.2 Å². The minimum atomic E-state index is -0.366. The number of rotatable bonds is 10. The van der Waals surface area contributed by atoms with E-state index >= 15 is 0 Å². The summed E-state index contributed by atoms with van der Waals surface area (Å²) >= 11 is 0. The molecule has 0 unspecified atom stereocenters. The molecular weight excluding hydrogens is 612 g/mol. The number of ether oxygens (including phenoxy) is 2. The predicted molar refractivity (Wildman–Crippen MR) is 191 cm³/mol. The van der Waals surface area contributed by atoms with Gasteiger partial charge in [0.25, 0.3) is 0 Å². The molecule has 0 bridgehead atoms. The molecule has 0 spiro atoms. The van der Waals surface area contributed by atoms with Crippen LogP contribution < -0.4 is 4.74 Å². The molecule has 1 aliphatic carbocycles. The van der Waals surface area contributed by atoms with Crippen molar-refractivity contribution in [3.8, 4) is 11.5 Å². The number of amides is 2. The van der Waals surface area contributed by atoms with Gasteiger partial charge in [-0.3, -0.25) is 19.4 Å². The van der Waals surface area contributed by atoms with Gasteiger partial charge >= 0.3 is 0 Å². The van der Waals surface area contributed by atoms with Crippen molar-refractivity contribution in [1.82, 2.24) is 9.80 Å². The number of hydrogen-bond donors (Lipinski definition) is 1. The van der Waals surface area contributed by atoms with E-state index in [1.807, 2.05) is 62.4 Å². The minimum absolute atomic E-state index is 0.000401. The highest BCUT2D eigenvalue weighted by atomic mass is 16.5. The highest BCUT2D eigenvalue weighted by Gasteiger charge is 2.58. The van der Waals surface area contributed by atoms with Crippen molar-refractivity contribution in [2.24, 2.45) is 17.8 Å². The van der Waals surface area contributed by atoms with E-state index in [0.717, 1.165) is 73.3 Å². The molecule has 1 N–H and O–H groups in total. The summed E-state index contributed by atoms with van der Waals surface area (Å²) in [4.78, 5) is 32.5. The van der Waals surface area contributed by atoms with Crippen LogP contribution in [0.15, 0.2) is 89.5 Å². The van der Waals surface area contributed by atoms with Gasteiger partial charge < -0.3 is 14.6 Å². The summed E-state index contributed by atoms with van der Waals surface area (Å²) in [6.45, 7) is 9.46. The number of phenols is 1. The van der Waals surface area contributed by atoms with Gasteiger partial charge in [0.15, 0.2) is 0 Å². The average Bonchev–Trinajstić information content (AvgIpc) is 3.64. The first-order valence-corrected chi connectivity index (χ1v) is 17.9. The normalized spacial score (nSPS) is 24.8. The lowest BCUT2D eigenvalue weighted by atomic mass is 9.69. The van der Waals surface area contributed by atoms with Gasteiger partial charge in [0, 0.05) is 31.6 Å². The second-order valence-corrected chi connectivity index (χ2v) is 14.5. The van der Waals surface area contributed by atoms with Gasteiger partial charge in [-0.15, -0.1) is 0 Å². The third-order valence-electron chi connectivity index (χ3n) is 11.1. The number of imide groups is 1. The molecule has 7 nitrogen and oxygen atoms in total. The zero-order valence-electron chi connectivity index (χ0n) is 28.9. The first-order valence-electron chi connectivity index (χ1n) is 17.9. The number of aryl methyl sites for hydroxylation is 2. The molecule has 3 aromatic rings. The topological polar surface area (TPSA) is 79.3 Å². The van der Waals surface area contributed by atoms with E-state index in [4.69, 9.17) is 9.47 Å². The summed E-state index contributed by atoms with van der Waals surface area (Å²) in [5, 5.41) is 10.2. The van der Waals surface area contributed by atoms with Gasteiger partial charge in [0.2, 0.25) is 11.8 Å². The number of carbonyl (C=O) groups is 2. The maximum atomic E-state index is 14.3. The summed E-state index contributed by atoms with van der Waals surface area (Å²) in [6.07, 6.45) is 5.85. The van der Waals surface area contributed by atoms with E-state index < -0.39 is 0 Å². The Hall–Kier alpha value is -4.20. The lowest BCUT2D eigenvalue weighted by Gasteiger charge is -2.36. The minimum Gasteiger partial charge on any atom is -0.507 e. The van der Waals surface area contributed by atoms with E-state index in [0.29, 0.717) is 25.4 Å². The van der Waals surface area contributed by atoms with Crippen LogP contribution in [0.5, 0.6) is 11.5 Å². The molecule has 3 fully saturated rings. The molecule has 4 aliphatic rings. The molecule has 3 heterocycles. The van der Waals surface area contributed by atoms with Crippen molar-refractivity contribution in [1.29, 1.82) is 0 Å². The number of carbonyl (C=O) groups excluding carboxylic acids is 2. The zero-order valence-corrected chi connectivity index (χ0v) is 28.9. The van der Waals surface area contributed by atoms with Crippen LogP contribution >= 0.6 is 0 Å². The molecule has 7 rings (SSSR count). The standard InChI is InChI=1S/C42H48N2O5/c1-27(20-31-21-28(2)40(45)29(3)22-31)14-15-37-38-32(25-48-34-12-8-5-9-13-34)23-35-39(36(38)26-49-37)42(47)44(41(35)46)33-16-18-43(19-17-33)24-30-10-6-4-7-11-30/h4-13,20-22,33,35-37,39,45H,14-19,23-26H2,1-3H3/b27-20+/t35-,36+,37-,39-/m1/s1. The molecular formula is C42H48N2O5. The van der Waals surface area contributed by atoms with Gasteiger partial charge in [-0.2, -0.15) is 0 Å². The quantitative estimate of drug-likeness (QED) is 0.182. The van der Waals surface area contributed by atoms with Crippen LogP contribution in [0.4, 0.5) is 0 Å². The lowest BCUT2D eigenvalue weighted by Crippen LogP contribution is -2.47. The van der Waals surface area contributed by atoms with Crippen LogP contribution in [0.2, 0.25) is 0 Å². The summed E-state index contributed by atoms with van der Waals surface area (Å²) in [5.74, 6) is 0.304. The van der Waals surface area contributed by atoms with Crippen molar-refractivity contribution >= 4 is 17.9 Å². The number of likely N-dealkylation sites (tertiary alicyclic amines) is 2. The van der Waals surface area contributed by atoms with Crippen molar-refractivity contribution in [2.45, 2.75) is 71.6 Å². The van der Waals surface area contributed by atoms with Gasteiger partial charge in [0.05, 0.1) is 24.5 Å². The number of phenolic OH excluding ortho intramolecular Hbond substituents is 1. The fourth-order valence-corrected chi connectivity index (χ4v) is 8.64. The average molecular weight is 661 g/mol. The van der Waals surface area contributed by atoms with Gasteiger partial charge in [-0.05, 0) is 111 Å². The van der Waals surface area contributed by atoms with Crippen molar-refractivity contribution in [3.63, 3.8) is 0 Å². The second-order valence-electron chi connectivity index (χ2n) is 14.5. The highest BCUT2D eigenvalue weighted by molar-refractivity contribution is 6.06. The number of piperidine rings is 1. The largest absolute Gasteiger partial charge is 0.507 e. The van der Waals surface area contributed by atoms with Crippen LogP contribution in [0.25, 0.3) is 6.08 Å². The Morgan fingerprint density at radius 2 is 1.61 bits per heavy atom. The molecule has 3 aliphatic heterocycles. The molecule has 7 heteroatoms. The zero-order chi connectivity index (χ0) is 34.1. The van der Waals surface area contributed by atoms with Crippen molar-refractivity contribution in [2.75, 3.05) is 26.3 Å². The summed E-state index contributed by atoms with van der Waals surface area (Å²) in [6, 6.07) is 24.3. The van der Waals surface area contributed by atoms with Crippen molar-refractivity contribution < 1.29 is 24.2 Å². The molecule has 3 saturated heterocycles. The fourth-order valence-electron chi connectivity index (χ4n) is 8.64. The Labute approximate surface area is 290 Å². The van der Waals surface area contributed by atoms with Crippen LogP contribution in [0.3, 0.4) is 0 Å². The Morgan fingerprint density at radius 1 is 0.939 bits per heavy atom. The monoisotopic (exact) mass is 660 g/mol. The molecule has 0 saturated carbocycles. The molecule has 0 aromatic heterocycles. The van der Waals surface area contributed by atoms with Crippen LogP contribution in [0, 0.1) is 31.6 Å². The Morgan fingerprint density at radius 3 is 2.31 bits per heavy atom. The van der Waals surface area contributed by atoms with E-state index in [2.05, 4.69) is 42.2 Å². The number of nitrogens with zero attached hydrogens (tertiary/aromatic N) is 2. The van der Waals surface area contributed by atoms with Gasteiger partial charge in [0.1, 0.15) is 18.1 Å². The number of aromatic hydroxyl groups is 1. The molecule has 0 radical (unpaired) electrons. The first kappa shape index (κ1) is 33.3. The first-order chi connectivity index (χ1) is 23.8.